The summed E-state index contributed by atoms with van der Waals surface area (Å²) in [6.07, 6.45) is 5.93. The fraction of sp³-hybridized carbons (Fsp3) is 0.875. The number of Topliss-reactive ketones (excluding diaryl/α,β-unsaturated/α-hetero) is 1. The van der Waals surface area contributed by atoms with E-state index in [2.05, 4.69) is 6.92 Å². The molecule has 3 heteroatoms. The van der Waals surface area contributed by atoms with Crippen LogP contribution in [0.15, 0.2) is 0 Å². The van der Waals surface area contributed by atoms with Crippen molar-refractivity contribution in [3.63, 3.8) is 0 Å². The maximum absolute atomic E-state index is 11.7. The van der Waals surface area contributed by atoms with Gasteiger partial charge in [0.2, 0.25) is 0 Å². The average molecular weight is 268 g/mol. The van der Waals surface area contributed by atoms with Gasteiger partial charge in [0.05, 0.1) is 0 Å². The van der Waals surface area contributed by atoms with Crippen LogP contribution in [0.3, 0.4) is 0 Å². The molecule has 1 rings (SSSR count). The van der Waals surface area contributed by atoms with Crippen molar-refractivity contribution >= 4 is 11.8 Å². The highest BCUT2D eigenvalue weighted by Gasteiger charge is 2.22. The maximum Gasteiger partial charge on any atom is 0.306 e. The lowest BCUT2D eigenvalue weighted by Gasteiger charge is -2.24. The Morgan fingerprint density at radius 3 is 2.68 bits per heavy atom. The van der Waals surface area contributed by atoms with Crippen molar-refractivity contribution in [1.29, 1.82) is 0 Å². The Bertz CT molecular complexity index is 314. The van der Waals surface area contributed by atoms with E-state index in [0.29, 0.717) is 36.9 Å². The lowest BCUT2D eigenvalue weighted by Crippen LogP contribution is -2.24. The van der Waals surface area contributed by atoms with Crippen LogP contribution in [-0.4, -0.2) is 17.4 Å². The quantitative estimate of drug-likeness (QED) is 0.729. The molecule has 1 aliphatic rings. The van der Waals surface area contributed by atoms with Gasteiger partial charge in [0.15, 0.2) is 0 Å². The summed E-state index contributed by atoms with van der Waals surface area (Å²) in [5, 5.41) is 0. The summed E-state index contributed by atoms with van der Waals surface area (Å²) >= 11 is 0. The fourth-order valence-corrected chi connectivity index (χ4v) is 2.83. The molecule has 0 heterocycles. The zero-order valence-electron chi connectivity index (χ0n) is 12.8. The smallest absolute Gasteiger partial charge is 0.306 e. The van der Waals surface area contributed by atoms with Gasteiger partial charge in [-0.25, -0.2) is 0 Å². The molecular weight excluding hydrogens is 240 g/mol. The number of ketones is 1. The molecule has 0 spiro atoms. The zero-order chi connectivity index (χ0) is 14.5. The predicted molar refractivity (Wildman–Crippen MR) is 75.8 cm³/mol. The number of hydrogen-bond acceptors (Lipinski definition) is 3. The summed E-state index contributed by atoms with van der Waals surface area (Å²) in [6.45, 7) is 7.83. The average Bonchev–Trinajstić information content (AvgIpc) is 2.20. The largest absolute Gasteiger partial charge is 0.460 e. The van der Waals surface area contributed by atoms with Crippen LogP contribution < -0.4 is 0 Å². The van der Waals surface area contributed by atoms with Gasteiger partial charge in [0.25, 0.3) is 0 Å². The van der Waals surface area contributed by atoms with Gasteiger partial charge in [0.1, 0.15) is 11.4 Å². The van der Waals surface area contributed by atoms with E-state index in [4.69, 9.17) is 4.74 Å². The Morgan fingerprint density at radius 2 is 2.05 bits per heavy atom. The van der Waals surface area contributed by atoms with Crippen molar-refractivity contribution in [2.45, 2.75) is 78.2 Å². The molecule has 0 radical (unpaired) electrons. The third kappa shape index (κ3) is 7.34. The molecule has 3 nitrogen and oxygen atoms in total. The van der Waals surface area contributed by atoms with Gasteiger partial charge in [-0.15, -0.1) is 0 Å². The number of carbonyl (C=O) groups excluding carboxylic acids is 2. The Hall–Kier alpha value is -0.860. The van der Waals surface area contributed by atoms with E-state index >= 15 is 0 Å². The van der Waals surface area contributed by atoms with Crippen molar-refractivity contribution in [3.05, 3.63) is 0 Å². The lowest BCUT2D eigenvalue weighted by atomic mass is 9.82. The van der Waals surface area contributed by atoms with Crippen molar-refractivity contribution < 1.29 is 14.3 Å². The molecule has 0 saturated heterocycles. The summed E-state index contributed by atoms with van der Waals surface area (Å²) in [4.78, 5) is 23.2. The molecule has 19 heavy (non-hydrogen) atoms. The molecule has 1 saturated carbocycles. The van der Waals surface area contributed by atoms with Crippen LogP contribution in [0.25, 0.3) is 0 Å². The monoisotopic (exact) mass is 268 g/mol. The number of ether oxygens (including phenoxy) is 1. The maximum atomic E-state index is 11.7. The molecule has 2 atom stereocenters. The third-order valence-electron chi connectivity index (χ3n) is 3.56. The number of rotatable bonds is 3. The van der Waals surface area contributed by atoms with E-state index in [0.717, 1.165) is 25.7 Å². The fourth-order valence-electron chi connectivity index (χ4n) is 2.83. The first-order chi connectivity index (χ1) is 8.76. The number of hydrogen-bond donors (Lipinski definition) is 0. The predicted octanol–water partition coefficient (Wildman–Crippen LogP) is 3.89. The summed E-state index contributed by atoms with van der Waals surface area (Å²) in [5.41, 5.74) is -0.391. The Labute approximate surface area is 117 Å². The normalized spacial score (nSPS) is 25.6. The second-order valence-electron chi connectivity index (χ2n) is 6.97. The van der Waals surface area contributed by atoms with Crippen LogP contribution in [0.4, 0.5) is 0 Å². The SMILES string of the molecule is CC1CC(=O)CCCC(CCC(=O)OC(C)(C)C)C1. The van der Waals surface area contributed by atoms with Gasteiger partial charge in [-0.2, -0.15) is 0 Å². The molecule has 1 fully saturated rings. The first kappa shape index (κ1) is 16.2. The van der Waals surface area contributed by atoms with Crippen LogP contribution in [0, 0.1) is 11.8 Å². The van der Waals surface area contributed by atoms with Gasteiger partial charge >= 0.3 is 5.97 Å². The van der Waals surface area contributed by atoms with E-state index < -0.39 is 5.60 Å². The van der Waals surface area contributed by atoms with E-state index in [1.807, 2.05) is 20.8 Å². The van der Waals surface area contributed by atoms with Gasteiger partial charge in [-0.1, -0.05) is 13.3 Å². The molecule has 0 aromatic rings. The van der Waals surface area contributed by atoms with Crippen LogP contribution in [0.5, 0.6) is 0 Å². The van der Waals surface area contributed by atoms with Gasteiger partial charge in [-0.3, -0.25) is 9.59 Å². The summed E-state index contributed by atoms with van der Waals surface area (Å²) in [6, 6.07) is 0. The topological polar surface area (TPSA) is 43.4 Å². The molecule has 0 N–H and O–H groups in total. The van der Waals surface area contributed by atoms with Gasteiger partial charge in [0, 0.05) is 19.3 Å². The van der Waals surface area contributed by atoms with E-state index in [9.17, 15) is 9.59 Å². The Balaban J connectivity index is 2.35. The second kappa shape index (κ2) is 7.06. The van der Waals surface area contributed by atoms with Crippen LogP contribution in [0.2, 0.25) is 0 Å². The summed E-state index contributed by atoms with van der Waals surface area (Å²) < 4.78 is 5.34. The van der Waals surface area contributed by atoms with Crippen molar-refractivity contribution in [3.8, 4) is 0 Å². The summed E-state index contributed by atoms with van der Waals surface area (Å²) in [7, 11) is 0. The number of esters is 1. The number of carbonyl (C=O) groups is 2. The third-order valence-corrected chi connectivity index (χ3v) is 3.56. The molecule has 0 aliphatic heterocycles. The molecule has 0 amide bonds. The highest BCUT2D eigenvalue weighted by Crippen LogP contribution is 2.28. The van der Waals surface area contributed by atoms with Crippen molar-refractivity contribution in [1.82, 2.24) is 0 Å². The molecule has 110 valence electrons. The highest BCUT2D eigenvalue weighted by atomic mass is 16.6. The molecule has 0 aromatic heterocycles. The second-order valence-corrected chi connectivity index (χ2v) is 6.97. The Kier molecular flexibility index (Phi) is 6.02. The molecule has 0 bridgehead atoms. The van der Waals surface area contributed by atoms with Crippen LogP contribution in [0.1, 0.15) is 72.6 Å². The lowest BCUT2D eigenvalue weighted by molar-refractivity contribution is -0.155. The molecular formula is C16H28O3. The minimum absolute atomic E-state index is 0.0988. The molecule has 2 unspecified atom stereocenters. The van der Waals surface area contributed by atoms with Crippen molar-refractivity contribution in [2.75, 3.05) is 0 Å². The molecule has 1 aliphatic carbocycles. The first-order valence-electron chi connectivity index (χ1n) is 7.50. The summed E-state index contributed by atoms with van der Waals surface area (Å²) in [5.74, 6) is 1.32. The highest BCUT2D eigenvalue weighted by molar-refractivity contribution is 5.78. The van der Waals surface area contributed by atoms with Gasteiger partial charge < -0.3 is 4.74 Å². The van der Waals surface area contributed by atoms with Crippen molar-refractivity contribution in [2.24, 2.45) is 11.8 Å². The standard InChI is InChI=1S/C16H28O3/c1-12-10-13(6-5-7-14(17)11-12)8-9-15(18)19-16(2,3)4/h12-13H,5-11H2,1-4H3. The Morgan fingerprint density at radius 1 is 1.37 bits per heavy atom. The zero-order valence-corrected chi connectivity index (χ0v) is 12.8. The van der Waals surface area contributed by atoms with Crippen LogP contribution >= 0.6 is 0 Å². The van der Waals surface area contributed by atoms with E-state index in [1.165, 1.54) is 0 Å². The van der Waals surface area contributed by atoms with Crippen LogP contribution in [-0.2, 0) is 14.3 Å². The van der Waals surface area contributed by atoms with E-state index in [-0.39, 0.29) is 5.97 Å². The minimum Gasteiger partial charge on any atom is -0.460 e. The first-order valence-corrected chi connectivity index (χ1v) is 7.50. The molecule has 0 aromatic carbocycles. The minimum atomic E-state index is -0.391. The van der Waals surface area contributed by atoms with E-state index in [1.54, 1.807) is 0 Å². The van der Waals surface area contributed by atoms with Gasteiger partial charge in [-0.05, 0) is 51.9 Å².